The van der Waals surface area contributed by atoms with Crippen LogP contribution in [0.5, 0.6) is 0 Å². The number of anilines is 1. The van der Waals surface area contributed by atoms with Crippen LogP contribution in [-0.4, -0.2) is 62.9 Å². The molecule has 41 heavy (non-hydrogen) atoms. The summed E-state index contributed by atoms with van der Waals surface area (Å²) in [6.07, 6.45) is 0. The molecule has 0 aliphatic heterocycles. The van der Waals surface area contributed by atoms with E-state index in [4.69, 9.17) is 4.74 Å². The van der Waals surface area contributed by atoms with Crippen molar-refractivity contribution in [2.45, 2.75) is 32.9 Å². The molecule has 0 aliphatic carbocycles. The minimum atomic E-state index is -0.610. The van der Waals surface area contributed by atoms with Gasteiger partial charge in [-0.1, -0.05) is 42.1 Å². The van der Waals surface area contributed by atoms with E-state index in [1.54, 1.807) is 41.5 Å². The Balaban J connectivity index is 1.61. The van der Waals surface area contributed by atoms with Crippen molar-refractivity contribution in [2.75, 3.05) is 30.8 Å². The highest BCUT2D eigenvalue weighted by Gasteiger charge is 2.28. The van der Waals surface area contributed by atoms with E-state index in [-0.39, 0.29) is 34.4 Å². The molecule has 0 unspecified atom stereocenters. The molecule has 0 atom stereocenters. The SMILES string of the molecule is CCOC(=O)c1c(NC(=O)CSc2nnc(-c3ccccc3F)n2-c2ccccc2)sc(C(=O)N(CC)CC)c1C. The number of amides is 2. The molecule has 2 aromatic heterocycles. The van der Waals surface area contributed by atoms with Crippen LogP contribution < -0.4 is 5.32 Å². The van der Waals surface area contributed by atoms with Crippen LogP contribution in [-0.2, 0) is 9.53 Å². The number of carbonyl (C=O) groups is 3. The van der Waals surface area contributed by atoms with Crippen LogP contribution in [0.1, 0.15) is 46.4 Å². The van der Waals surface area contributed by atoms with Gasteiger partial charge in [-0.2, -0.15) is 0 Å². The van der Waals surface area contributed by atoms with Crippen LogP contribution >= 0.6 is 23.1 Å². The Hall–Kier alpha value is -4.03. The molecule has 0 bridgehead atoms. The third-order valence-corrected chi connectivity index (χ3v) is 8.34. The van der Waals surface area contributed by atoms with Crippen LogP contribution in [0.4, 0.5) is 9.39 Å². The molecule has 9 nitrogen and oxygen atoms in total. The summed E-state index contributed by atoms with van der Waals surface area (Å²) < 4.78 is 21.6. The summed E-state index contributed by atoms with van der Waals surface area (Å²) in [4.78, 5) is 41.1. The quantitative estimate of drug-likeness (QED) is 0.172. The standard InChI is InChI=1S/C29H30FN5O4S2/c1-5-34(6-2)27(37)24-18(4)23(28(38)39-7-3)26(41-24)31-22(36)17-40-29-33-32-25(20-15-11-12-16-21(20)30)35(29)19-13-9-8-10-14-19/h8-16H,5-7,17H2,1-4H3,(H,31,36). The number of esters is 1. The molecule has 1 N–H and O–H groups in total. The van der Waals surface area contributed by atoms with Crippen LogP contribution in [0.15, 0.2) is 59.8 Å². The lowest BCUT2D eigenvalue weighted by Crippen LogP contribution is -2.30. The second-order valence-electron chi connectivity index (χ2n) is 8.75. The average Bonchev–Trinajstić information content (AvgIpc) is 3.54. The molecule has 2 aromatic carbocycles. The average molecular weight is 596 g/mol. The monoisotopic (exact) mass is 595 g/mol. The number of nitrogens with one attached hydrogen (secondary N) is 1. The third-order valence-electron chi connectivity index (χ3n) is 6.22. The van der Waals surface area contributed by atoms with Crippen molar-refractivity contribution in [1.82, 2.24) is 19.7 Å². The number of thiophene rings is 1. The van der Waals surface area contributed by atoms with Crippen molar-refractivity contribution >= 4 is 45.9 Å². The molecule has 4 aromatic rings. The first-order chi connectivity index (χ1) is 19.8. The summed E-state index contributed by atoms with van der Waals surface area (Å²) in [5.74, 6) is -1.47. The summed E-state index contributed by atoms with van der Waals surface area (Å²) >= 11 is 2.17. The van der Waals surface area contributed by atoms with E-state index >= 15 is 0 Å². The third kappa shape index (κ3) is 6.49. The summed E-state index contributed by atoms with van der Waals surface area (Å²) in [5.41, 5.74) is 1.61. The van der Waals surface area contributed by atoms with E-state index in [9.17, 15) is 18.8 Å². The molecule has 2 amide bonds. The van der Waals surface area contributed by atoms with E-state index in [2.05, 4.69) is 15.5 Å². The molecule has 0 saturated heterocycles. The van der Waals surface area contributed by atoms with Gasteiger partial charge in [-0.25, -0.2) is 9.18 Å². The minimum absolute atomic E-state index is 0.0826. The number of halogens is 1. The maximum absolute atomic E-state index is 14.7. The number of benzene rings is 2. The summed E-state index contributed by atoms with van der Waals surface area (Å²) in [5, 5.41) is 11.9. The van der Waals surface area contributed by atoms with Gasteiger partial charge in [0.25, 0.3) is 5.91 Å². The molecule has 214 valence electrons. The molecule has 2 heterocycles. The molecule has 0 spiro atoms. The van der Waals surface area contributed by atoms with E-state index in [1.165, 1.54) is 6.07 Å². The van der Waals surface area contributed by atoms with Crippen LogP contribution in [0.2, 0.25) is 0 Å². The van der Waals surface area contributed by atoms with Crippen LogP contribution in [0.3, 0.4) is 0 Å². The van der Waals surface area contributed by atoms with Crippen molar-refractivity contribution in [3.05, 3.63) is 76.4 Å². The van der Waals surface area contributed by atoms with Gasteiger partial charge in [0.2, 0.25) is 5.91 Å². The first-order valence-corrected chi connectivity index (χ1v) is 14.9. The number of para-hydroxylation sites is 1. The number of carbonyl (C=O) groups excluding carboxylic acids is 3. The maximum Gasteiger partial charge on any atom is 0.341 e. The molecular weight excluding hydrogens is 565 g/mol. The molecular formula is C29H30FN5O4S2. The zero-order chi connectivity index (χ0) is 29.5. The molecule has 4 rings (SSSR count). The highest BCUT2D eigenvalue weighted by atomic mass is 32.2. The number of hydrogen-bond acceptors (Lipinski definition) is 8. The van der Waals surface area contributed by atoms with Gasteiger partial charge in [-0.05, 0) is 57.5 Å². The zero-order valence-electron chi connectivity index (χ0n) is 23.1. The van der Waals surface area contributed by atoms with Crippen molar-refractivity contribution in [3.8, 4) is 17.1 Å². The molecule has 0 aliphatic rings. The van der Waals surface area contributed by atoms with E-state index in [0.29, 0.717) is 40.2 Å². The van der Waals surface area contributed by atoms with Gasteiger partial charge in [-0.15, -0.1) is 21.5 Å². The second-order valence-corrected chi connectivity index (χ2v) is 10.7. The largest absolute Gasteiger partial charge is 0.462 e. The molecule has 12 heteroatoms. The normalized spacial score (nSPS) is 10.9. The van der Waals surface area contributed by atoms with E-state index in [0.717, 1.165) is 23.1 Å². The Morgan fingerprint density at radius 2 is 1.71 bits per heavy atom. The lowest BCUT2D eigenvalue weighted by atomic mass is 10.1. The van der Waals surface area contributed by atoms with Crippen molar-refractivity contribution in [3.63, 3.8) is 0 Å². The van der Waals surface area contributed by atoms with Crippen molar-refractivity contribution in [1.29, 1.82) is 0 Å². The Labute approximate surface area is 245 Å². The summed E-state index contributed by atoms with van der Waals surface area (Å²) in [6, 6.07) is 15.5. The van der Waals surface area contributed by atoms with Gasteiger partial charge >= 0.3 is 5.97 Å². The first kappa shape index (κ1) is 29.9. The van der Waals surface area contributed by atoms with Gasteiger partial charge in [-0.3, -0.25) is 14.2 Å². The predicted molar refractivity (Wildman–Crippen MR) is 158 cm³/mol. The lowest BCUT2D eigenvalue weighted by molar-refractivity contribution is -0.113. The minimum Gasteiger partial charge on any atom is -0.462 e. The Morgan fingerprint density at radius 1 is 1.02 bits per heavy atom. The van der Waals surface area contributed by atoms with Crippen LogP contribution in [0, 0.1) is 12.7 Å². The summed E-state index contributed by atoms with van der Waals surface area (Å²) in [6.45, 7) is 8.29. The van der Waals surface area contributed by atoms with Gasteiger partial charge in [0, 0.05) is 18.8 Å². The number of rotatable bonds is 11. The molecule has 0 saturated carbocycles. The Bertz CT molecular complexity index is 1550. The van der Waals surface area contributed by atoms with Crippen LogP contribution in [0.25, 0.3) is 17.1 Å². The van der Waals surface area contributed by atoms with Crippen molar-refractivity contribution < 1.29 is 23.5 Å². The Morgan fingerprint density at radius 3 is 2.37 bits per heavy atom. The zero-order valence-corrected chi connectivity index (χ0v) is 24.8. The number of hydrogen-bond donors (Lipinski definition) is 1. The topological polar surface area (TPSA) is 106 Å². The number of aromatic nitrogens is 3. The smallest absolute Gasteiger partial charge is 0.341 e. The van der Waals surface area contributed by atoms with Gasteiger partial charge in [0.15, 0.2) is 11.0 Å². The summed E-state index contributed by atoms with van der Waals surface area (Å²) in [7, 11) is 0. The highest BCUT2D eigenvalue weighted by Crippen LogP contribution is 2.35. The second kappa shape index (κ2) is 13.6. The highest BCUT2D eigenvalue weighted by molar-refractivity contribution is 7.99. The molecule has 0 radical (unpaired) electrons. The van der Waals surface area contributed by atoms with E-state index < -0.39 is 17.7 Å². The van der Waals surface area contributed by atoms with Gasteiger partial charge in [0.1, 0.15) is 10.8 Å². The predicted octanol–water partition coefficient (Wildman–Crippen LogP) is 5.83. The fourth-order valence-electron chi connectivity index (χ4n) is 4.19. The maximum atomic E-state index is 14.7. The van der Waals surface area contributed by atoms with Gasteiger partial charge in [0.05, 0.1) is 28.4 Å². The number of ether oxygens (including phenoxy) is 1. The first-order valence-electron chi connectivity index (χ1n) is 13.1. The van der Waals surface area contributed by atoms with E-state index in [1.807, 2.05) is 44.2 Å². The Kier molecular flexibility index (Phi) is 9.90. The number of thioether (sulfide) groups is 1. The lowest BCUT2D eigenvalue weighted by Gasteiger charge is -2.18. The fraction of sp³-hybridized carbons (Fsp3) is 0.276. The fourth-order valence-corrected chi connectivity index (χ4v) is 6.12. The van der Waals surface area contributed by atoms with Crippen molar-refractivity contribution in [2.24, 2.45) is 0 Å². The number of nitrogens with zero attached hydrogens (tertiary/aromatic N) is 4. The van der Waals surface area contributed by atoms with Gasteiger partial charge < -0.3 is 15.0 Å². The molecule has 0 fully saturated rings.